The first-order valence-electron chi connectivity index (χ1n) is 10.1. The molecule has 2 amide bonds. The molecule has 0 radical (unpaired) electrons. The van der Waals surface area contributed by atoms with E-state index >= 15 is 0 Å². The molecule has 1 aliphatic heterocycles. The minimum atomic E-state index is -0.703. The summed E-state index contributed by atoms with van der Waals surface area (Å²) in [5.41, 5.74) is 1.92. The highest BCUT2D eigenvalue weighted by atomic mass is 16.5. The van der Waals surface area contributed by atoms with Gasteiger partial charge in [-0.1, -0.05) is 37.3 Å². The Hall–Kier alpha value is -2.86. The third-order valence-corrected chi connectivity index (χ3v) is 4.97. The third kappa shape index (κ3) is 5.57. The van der Waals surface area contributed by atoms with Crippen LogP contribution in [0.15, 0.2) is 48.5 Å². The zero-order valence-electron chi connectivity index (χ0n) is 16.9. The zero-order chi connectivity index (χ0) is 20.6. The number of hydrogen-bond acceptors (Lipinski definition) is 4. The number of amides is 2. The Morgan fingerprint density at radius 1 is 1.17 bits per heavy atom. The molecule has 3 rings (SSSR count). The van der Waals surface area contributed by atoms with Crippen molar-refractivity contribution in [3.63, 3.8) is 0 Å². The van der Waals surface area contributed by atoms with Gasteiger partial charge in [-0.25, -0.2) is 0 Å². The van der Waals surface area contributed by atoms with E-state index in [9.17, 15) is 9.59 Å². The molecule has 1 fully saturated rings. The highest BCUT2D eigenvalue weighted by Gasteiger charge is 2.21. The van der Waals surface area contributed by atoms with E-state index in [4.69, 9.17) is 9.47 Å². The lowest BCUT2D eigenvalue weighted by molar-refractivity contribution is -0.122. The Morgan fingerprint density at radius 3 is 2.69 bits per heavy atom. The average Bonchev–Trinajstić information content (AvgIpc) is 3.26. The van der Waals surface area contributed by atoms with Gasteiger partial charge in [0.1, 0.15) is 5.75 Å². The van der Waals surface area contributed by atoms with Crippen molar-refractivity contribution in [1.29, 1.82) is 0 Å². The van der Waals surface area contributed by atoms with E-state index in [1.54, 1.807) is 31.2 Å². The molecule has 2 aromatic carbocycles. The van der Waals surface area contributed by atoms with Crippen molar-refractivity contribution in [2.45, 2.75) is 45.3 Å². The number of ether oxygens (including phenoxy) is 2. The molecule has 6 heteroatoms. The molecule has 2 atom stereocenters. The van der Waals surface area contributed by atoms with Crippen molar-refractivity contribution in [1.82, 2.24) is 5.32 Å². The standard InChI is InChI=1S/C23H28N2O4/c1-3-17-9-4-7-13-21(17)29-16(2)22(26)25-20-12-6-5-11-19(20)23(27)24-15-18-10-8-14-28-18/h4-7,9,11-13,16,18H,3,8,10,14-15H2,1-2H3,(H,24,27)(H,25,26)/t16-,18+/m1/s1. The van der Waals surface area contributed by atoms with Gasteiger partial charge >= 0.3 is 0 Å². The number of carbonyl (C=O) groups is 2. The predicted molar refractivity (Wildman–Crippen MR) is 112 cm³/mol. The number of nitrogens with one attached hydrogen (secondary N) is 2. The minimum Gasteiger partial charge on any atom is -0.481 e. The highest BCUT2D eigenvalue weighted by Crippen LogP contribution is 2.21. The third-order valence-electron chi connectivity index (χ3n) is 4.97. The molecule has 0 saturated carbocycles. The second-order valence-electron chi connectivity index (χ2n) is 7.10. The molecular weight excluding hydrogens is 368 g/mol. The van der Waals surface area contributed by atoms with Crippen molar-refractivity contribution >= 4 is 17.5 Å². The van der Waals surface area contributed by atoms with E-state index in [1.165, 1.54) is 0 Å². The number of carbonyl (C=O) groups excluding carboxylic acids is 2. The van der Waals surface area contributed by atoms with Gasteiger partial charge in [0, 0.05) is 13.2 Å². The normalized spacial score (nSPS) is 16.8. The van der Waals surface area contributed by atoms with Crippen LogP contribution in [0.2, 0.25) is 0 Å². The van der Waals surface area contributed by atoms with Gasteiger partial charge < -0.3 is 20.1 Å². The second-order valence-corrected chi connectivity index (χ2v) is 7.10. The van der Waals surface area contributed by atoms with Crippen LogP contribution in [0.5, 0.6) is 5.75 Å². The molecule has 0 bridgehead atoms. The van der Waals surface area contributed by atoms with Crippen LogP contribution in [0.3, 0.4) is 0 Å². The average molecular weight is 396 g/mol. The summed E-state index contributed by atoms with van der Waals surface area (Å²) >= 11 is 0. The van der Waals surface area contributed by atoms with Gasteiger partial charge in [-0.05, 0) is 49.9 Å². The summed E-state index contributed by atoms with van der Waals surface area (Å²) in [4.78, 5) is 25.3. The maximum absolute atomic E-state index is 12.7. The smallest absolute Gasteiger partial charge is 0.265 e. The van der Waals surface area contributed by atoms with E-state index < -0.39 is 6.10 Å². The van der Waals surface area contributed by atoms with Crippen LogP contribution in [0, 0.1) is 0 Å². The number of rotatable bonds is 8. The lowest BCUT2D eigenvalue weighted by Crippen LogP contribution is -2.34. The van der Waals surface area contributed by atoms with Gasteiger partial charge in [-0.15, -0.1) is 0 Å². The van der Waals surface area contributed by atoms with E-state index in [2.05, 4.69) is 10.6 Å². The van der Waals surface area contributed by atoms with E-state index in [0.717, 1.165) is 31.4 Å². The molecular formula is C23H28N2O4. The minimum absolute atomic E-state index is 0.0627. The quantitative estimate of drug-likeness (QED) is 0.715. The fourth-order valence-electron chi connectivity index (χ4n) is 3.29. The molecule has 2 N–H and O–H groups in total. The summed E-state index contributed by atoms with van der Waals surface area (Å²) in [7, 11) is 0. The maximum atomic E-state index is 12.7. The zero-order valence-corrected chi connectivity index (χ0v) is 16.9. The molecule has 0 unspecified atom stereocenters. The molecule has 2 aromatic rings. The van der Waals surface area contributed by atoms with Crippen molar-refractivity contribution in [2.24, 2.45) is 0 Å². The topological polar surface area (TPSA) is 76.7 Å². The molecule has 1 aliphatic rings. The Labute approximate surface area is 171 Å². The van der Waals surface area contributed by atoms with Gasteiger partial charge in [-0.3, -0.25) is 9.59 Å². The summed E-state index contributed by atoms with van der Waals surface area (Å²) in [6.07, 6.45) is 2.15. The summed E-state index contributed by atoms with van der Waals surface area (Å²) in [5.74, 6) is 0.150. The van der Waals surface area contributed by atoms with Gasteiger partial charge in [-0.2, -0.15) is 0 Å². The van der Waals surface area contributed by atoms with Crippen LogP contribution in [-0.4, -0.2) is 37.2 Å². The number of aryl methyl sites for hydroxylation is 1. The van der Waals surface area contributed by atoms with E-state index in [1.807, 2.05) is 31.2 Å². The lowest BCUT2D eigenvalue weighted by Gasteiger charge is -2.18. The molecule has 1 saturated heterocycles. The van der Waals surface area contributed by atoms with Gasteiger partial charge in [0.25, 0.3) is 11.8 Å². The summed E-state index contributed by atoms with van der Waals surface area (Å²) in [6, 6.07) is 14.6. The van der Waals surface area contributed by atoms with Crippen LogP contribution >= 0.6 is 0 Å². The molecule has 6 nitrogen and oxygen atoms in total. The van der Waals surface area contributed by atoms with Crippen molar-refractivity contribution in [3.8, 4) is 5.75 Å². The predicted octanol–water partition coefficient (Wildman–Crippen LogP) is 3.56. The number of anilines is 1. The number of para-hydroxylation sites is 2. The van der Waals surface area contributed by atoms with Crippen molar-refractivity contribution in [2.75, 3.05) is 18.5 Å². The van der Waals surface area contributed by atoms with Crippen LogP contribution in [-0.2, 0) is 16.0 Å². The SMILES string of the molecule is CCc1ccccc1O[C@H](C)C(=O)Nc1ccccc1C(=O)NC[C@@H]1CCCO1. The lowest BCUT2D eigenvalue weighted by atomic mass is 10.1. The second kappa shape index (κ2) is 10.1. The van der Waals surface area contributed by atoms with Crippen LogP contribution < -0.4 is 15.4 Å². The van der Waals surface area contributed by atoms with Crippen LogP contribution in [0.1, 0.15) is 42.6 Å². The van der Waals surface area contributed by atoms with Crippen molar-refractivity contribution < 1.29 is 19.1 Å². The Bertz CT molecular complexity index is 846. The molecule has 0 aliphatic carbocycles. The van der Waals surface area contributed by atoms with E-state index in [-0.39, 0.29) is 17.9 Å². The molecule has 0 aromatic heterocycles. The first-order valence-corrected chi connectivity index (χ1v) is 10.1. The van der Waals surface area contributed by atoms with Gasteiger partial charge in [0.2, 0.25) is 0 Å². The Kier molecular flexibility index (Phi) is 7.25. The number of hydrogen-bond donors (Lipinski definition) is 2. The fourth-order valence-corrected chi connectivity index (χ4v) is 3.29. The molecule has 1 heterocycles. The van der Waals surface area contributed by atoms with Crippen LogP contribution in [0.25, 0.3) is 0 Å². The Balaban J connectivity index is 1.63. The fraction of sp³-hybridized carbons (Fsp3) is 0.391. The molecule has 0 spiro atoms. The van der Waals surface area contributed by atoms with E-state index in [0.29, 0.717) is 23.5 Å². The summed E-state index contributed by atoms with van der Waals surface area (Å²) in [6.45, 7) is 4.95. The van der Waals surface area contributed by atoms with Gasteiger partial charge in [0.05, 0.1) is 17.4 Å². The van der Waals surface area contributed by atoms with Gasteiger partial charge in [0.15, 0.2) is 6.10 Å². The highest BCUT2D eigenvalue weighted by molar-refractivity contribution is 6.04. The summed E-state index contributed by atoms with van der Waals surface area (Å²) < 4.78 is 11.4. The van der Waals surface area contributed by atoms with Crippen LogP contribution in [0.4, 0.5) is 5.69 Å². The first kappa shape index (κ1) is 20.9. The largest absolute Gasteiger partial charge is 0.481 e. The van der Waals surface area contributed by atoms with Crippen molar-refractivity contribution in [3.05, 3.63) is 59.7 Å². The summed E-state index contributed by atoms with van der Waals surface area (Å²) in [5, 5.41) is 5.71. The number of benzene rings is 2. The maximum Gasteiger partial charge on any atom is 0.265 e. The first-order chi connectivity index (χ1) is 14.1. The Morgan fingerprint density at radius 2 is 1.93 bits per heavy atom. The molecule has 154 valence electrons. The molecule has 29 heavy (non-hydrogen) atoms. The monoisotopic (exact) mass is 396 g/mol.